The van der Waals surface area contributed by atoms with Crippen LogP contribution in [0, 0.1) is 18.6 Å². The molecule has 100 valence electrons. The lowest BCUT2D eigenvalue weighted by atomic mass is 10.1. The summed E-state index contributed by atoms with van der Waals surface area (Å²) in [6.45, 7) is 1.84. The van der Waals surface area contributed by atoms with E-state index in [2.05, 4.69) is 0 Å². The van der Waals surface area contributed by atoms with Crippen LogP contribution in [0.2, 0.25) is 0 Å². The van der Waals surface area contributed by atoms with Gasteiger partial charge in [0.15, 0.2) is 11.6 Å². The summed E-state index contributed by atoms with van der Waals surface area (Å²) in [6.07, 6.45) is -0.503. The van der Waals surface area contributed by atoms with Crippen molar-refractivity contribution in [1.29, 1.82) is 0 Å². The first kappa shape index (κ1) is 13.5. The van der Waals surface area contributed by atoms with Crippen LogP contribution in [-0.2, 0) is 0 Å². The van der Waals surface area contributed by atoms with Gasteiger partial charge in [-0.1, -0.05) is 24.3 Å². The van der Waals surface area contributed by atoms with Crippen molar-refractivity contribution in [2.24, 2.45) is 5.73 Å². The van der Waals surface area contributed by atoms with Crippen molar-refractivity contribution in [3.63, 3.8) is 0 Å². The number of rotatable bonds is 4. The van der Waals surface area contributed by atoms with Crippen molar-refractivity contribution < 1.29 is 13.5 Å². The highest BCUT2D eigenvalue weighted by Gasteiger charge is 2.14. The predicted octanol–water partition coefficient (Wildman–Crippen LogP) is 3.35. The third-order valence-corrected chi connectivity index (χ3v) is 2.88. The lowest BCUT2D eigenvalue weighted by molar-refractivity contribution is 0.204. The Morgan fingerprint density at radius 2 is 1.79 bits per heavy atom. The summed E-state index contributed by atoms with van der Waals surface area (Å²) in [5.74, 6) is -0.580. The van der Waals surface area contributed by atoms with Crippen LogP contribution in [-0.4, -0.2) is 6.54 Å². The molecule has 0 aliphatic rings. The Bertz CT molecular complexity index is 555. The summed E-state index contributed by atoms with van der Waals surface area (Å²) in [4.78, 5) is 0. The number of hydrogen-bond donors (Lipinski definition) is 1. The van der Waals surface area contributed by atoms with E-state index in [1.54, 1.807) is 37.3 Å². The van der Waals surface area contributed by atoms with E-state index in [-0.39, 0.29) is 18.1 Å². The second-order valence-electron chi connectivity index (χ2n) is 4.28. The zero-order valence-corrected chi connectivity index (χ0v) is 10.6. The summed E-state index contributed by atoms with van der Waals surface area (Å²) in [5.41, 5.74) is 6.86. The molecule has 0 bridgehead atoms. The van der Waals surface area contributed by atoms with Crippen molar-refractivity contribution in [1.82, 2.24) is 0 Å². The van der Waals surface area contributed by atoms with E-state index in [1.807, 2.05) is 0 Å². The molecule has 0 aliphatic carbocycles. The highest BCUT2D eigenvalue weighted by atomic mass is 19.1. The summed E-state index contributed by atoms with van der Waals surface area (Å²) in [5, 5.41) is 0. The standard InChI is InChI=1S/C15H15F2NO/c1-10-3-2-4-13(15(10)17)19-14(9-18)11-5-7-12(16)8-6-11/h2-8,14H,9,18H2,1H3. The molecule has 0 radical (unpaired) electrons. The van der Waals surface area contributed by atoms with Crippen LogP contribution in [0.15, 0.2) is 42.5 Å². The van der Waals surface area contributed by atoms with Gasteiger partial charge in [0.25, 0.3) is 0 Å². The molecule has 4 heteroatoms. The van der Waals surface area contributed by atoms with E-state index in [0.29, 0.717) is 11.1 Å². The minimum atomic E-state index is -0.503. The maximum absolute atomic E-state index is 13.9. The van der Waals surface area contributed by atoms with Gasteiger partial charge >= 0.3 is 0 Å². The average molecular weight is 263 g/mol. The Hall–Kier alpha value is -1.94. The van der Waals surface area contributed by atoms with Crippen LogP contribution < -0.4 is 10.5 Å². The third kappa shape index (κ3) is 3.09. The molecular formula is C15H15F2NO. The van der Waals surface area contributed by atoms with Gasteiger partial charge in [-0.15, -0.1) is 0 Å². The van der Waals surface area contributed by atoms with Crippen LogP contribution in [0.3, 0.4) is 0 Å². The van der Waals surface area contributed by atoms with Crippen LogP contribution in [0.4, 0.5) is 8.78 Å². The number of hydrogen-bond acceptors (Lipinski definition) is 2. The van der Waals surface area contributed by atoms with Gasteiger partial charge in [-0.25, -0.2) is 8.78 Å². The number of halogens is 2. The Kier molecular flexibility index (Phi) is 4.12. The lowest BCUT2D eigenvalue weighted by Crippen LogP contribution is -2.19. The number of ether oxygens (including phenoxy) is 1. The monoisotopic (exact) mass is 263 g/mol. The van der Waals surface area contributed by atoms with Gasteiger partial charge in [0.2, 0.25) is 0 Å². The van der Waals surface area contributed by atoms with E-state index in [1.165, 1.54) is 12.1 Å². The summed E-state index contributed by atoms with van der Waals surface area (Å²) in [6, 6.07) is 10.8. The molecule has 2 nitrogen and oxygen atoms in total. The molecule has 0 saturated carbocycles. The molecule has 2 rings (SSSR count). The zero-order valence-electron chi connectivity index (χ0n) is 10.6. The molecule has 1 unspecified atom stereocenters. The van der Waals surface area contributed by atoms with E-state index in [9.17, 15) is 8.78 Å². The van der Waals surface area contributed by atoms with Crippen molar-refractivity contribution in [3.8, 4) is 5.75 Å². The molecule has 1 atom stereocenters. The highest BCUT2D eigenvalue weighted by molar-refractivity contribution is 5.31. The number of benzene rings is 2. The van der Waals surface area contributed by atoms with Gasteiger partial charge in [-0.2, -0.15) is 0 Å². The van der Waals surface area contributed by atoms with Gasteiger partial charge in [0, 0.05) is 6.54 Å². The van der Waals surface area contributed by atoms with Crippen molar-refractivity contribution in [2.75, 3.05) is 6.54 Å². The molecule has 0 aliphatic heterocycles. The van der Waals surface area contributed by atoms with Crippen molar-refractivity contribution in [2.45, 2.75) is 13.0 Å². The summed E-state index contributed by atoms with van der Waals surface area (Å²) >= 11 is 0. The van der Waals surface area contributed by atoms with Crippen molar-refractivity contribution in [3.05, 3.63) is 65.2 Å². The van der Waals surface area contributed by atoms with Crippen LogP contribution in [0.1, 0.15) is 17.2 Å². The Labute approximate surface area is 110 Å². The fraction of sp³-hybridized carbons (Fsp3) is 0.200. The predicted molar refractivity (Wildman–Crippen MR) is 70.0 cm³/mol. The van der Waals surface area contributed by atoms with Crippen LogP contribution >= 0.6 is 0 Å². The Morgan fingerprint density at radius 1 is 1.11 bits per heavy atom. The molecule has 0 amide bonds. The molecule has 0 saturated heterocycles. The van der Waals surface area contributed by atoms with Crippen LogP contribution in [0.25, 0.3) is 0 Å². The molecule has 0 fully saturated rings. The molecule has 0 spiro atoms. The minimum absolute atomic E-state index is 0.153. The average Bonchev–Trinajstić information content (AvgIpc) is 2.42. The fourth-order valence-electron chi connectivity index (χ4n) is 1.79. The van der Waals surface area contributed by atoms with Crippen molar-refractivity contribution >= 4 is 0 Å². The SMILES string of the molecule is Cc1cccc(OC(CN)c2ccc(F)cc2)c1F. The van der Waals surface area contributed by atoms with E-state index in [0.717, 1.165) is 0 Å². The van der Waals surface area contributed by atoms with Gasteiger partial charge in [-0.05, 0) is 36.2 Å². The maximum atomic E-state index is 13.9. The molecule has 2 N–H and O–H groups in total. The van der Waals surface area contributed by atoms with E-state index in [4.69, 9.17) is 10.5 Å². The highest BCUT2D eigenvalue weighted by Crippen LogP contribution is 2.25. The van der Waals surface area contributed by atoms with E-state index < -0.39 is 11.9 Å². The quantitative estimate of drug-likeness (QED) is 0.918. The molecule has 2 aromatic carbocycles. The topological polar surface area (TPSA) is 35.2 Å². The molecule has 0 heterocycles. The summed E-state index contributed by atoms with van der Waals surface area (Å²) < 4.78 is 32.3. The molecule has 2 aromatic rings. The maximum Gasteiger partial charge on any atom is 0.167 e. The third-order valence-electron chi connectivity index (χ3n) is 2.88. The zero-order chi connectivity index (χ0) is 13.8. The molecule has 19 heavy (non-hydrogen) atoms. The largest absolute Gasteiger partial charge is 0.481 e. The van der Waals surface area contributed by atoms with Crippen LogP contribution in [0.5, 0.6) is 5.75 Å². The Balaban J connectivity index is 2.24. The second kappa shape index (κ2) is 5.80. The first-order valence-electron chi connectivity index (χ1n) is 5.99. The Morgan fingerprint density at radius 3 is 2.42 bits per heavy atom. The van der Waals surface area contributed by atoms with Gasteiger partial charge < -0.3 is 10.5 Å². The second-order valence-corrected chi connectivity index (χ2v) is 4.28. The number of nitrogens with two attached hydrogens (primary N) is 1. The van der Waals surface area contributed by atoms with Gasteiger partial charge in [0.05, 0.1) is 0 Å². The first-order chi connectivity index (χ1) is 9.11. The number of aryl methyl sites for hydroxylation is 1. The molecule has 0 aromatic heterocycles. The van der Waals surface area contributed by atoms with Gasteiger partial charge in [0.1, 0.15) is 11.9 Å². The first-order valence-corrected chi connectivity index (χ1v) is 5.99. The summed E-state index contributed by atoms with van der Waals surface area (Å²) in [7, 11) is 0. The van der Waals surface area contributed by atoms with Gasteiger partial charge in [-0.3, -0.25) is 0 Å². The lowest BCUT2D eigenvalue weighted by Gasteiger charge is -2.18. The fourth-order valence-corrected chi connectivity index (χ4v) is 1.79. The molecular weight excluding hydrogens is 248 g/mol. The van der Waals surface area contributed by atoms with E-state index >= 15 is 0 Å². The normalized spacial score (nSPS) is 12.2. The smallest absolute Gasteiger partial charge is 0.167 e. The minimum Gasteiger partial charge on any atom is -0.481 e.